The number of aliphatic hydroxyl groups is 1. The van der Waals surface area contributed by atoms with Crippen molar-refractivity contribution in [2.45, 2.75) is 32.4 Å². The molecule has 2 atom stereocenters. The van der Waals surface area contributed by atoms with Crippen LogP contribution in [0.25, 0.3) is 11.6 Å². The van der Waals surface area contributed by atoms with E-state index in [0.717, 1.165) is 22.4 Å². The Balaban J connectivity index is 1.96. The average Bonchev–Trinajstić information content (AvgIpc) is 2.48. The van der Waals surface area contributed by atoms with Crippen LogP contribution in [0.4, 0.5) is 10.1 Å². The molecular formula is C19H19ClFNO. The second-order valence-electron chi connectivity index (χ2n) is 6.05. The van der Waals surface area contributed by atoms with Crippen molar-refractivity contribution in [2.75, 3.05) is 5.32 Å². The first-order valence-corrected chi connectivity index (χ1v) is 8.03. The zero-order valence-electron chi connectivity index (χ0n) is 13.1. The third-order valence-electron chi connectivity index (χ3n) is 4.26. The van der Waals surface area contributed by atoms with Gasteiger partial charge in [0.05, 0.1) is 11.1 Å². The van der Waals surface area contributed by atoms with Crippen LogP contribution in [0.2, 0.25) is 5.02 Å². The predicted octanol–water partition coefficient (Wildman–Crippen LogP) is 4.76. The minimum absolute atomic E-state index is 0.0174. The number of allylic oxidation sites excluding steroid dienone is 1. The van der Waals surface area contributed by atoms with Crippen LogP contribution < -0.4 is 5.32 Å². The Morgan fingerprint density at radius 3 is 2.87 bits per heavy atom. The molecule has 2 nitrogen and oxygen atoms in total. The summed E-state index contributed by atoms with van der Waals surface area (Å²) in [6.07, 6.45) is 2.19. The first-order valence-electron chi connectivity index (χ1n) is 7.66. The monoisotopic (exact) mass is 331 g/mol. The van der Waals surface area contributed by atoms with Crippen molar-refractivity contribution in [1.82, 2.24) is 0 Å². The molecule has 0 spiro atoms. The summed E-state index contributed by atoms with van der Waals surface area (Å²) in [5, 5.41) is 13.6. The summed E-state index contributed by atoms with van der Waals surface area (Å²) in [5.74, 6) is -0.320. The van der Waals surface area contributed by atoms with Gasteiger partial charge in [0.25, 0.3) is 0 Å². The van der Waals surface area contributed by atoms with Gasteiger partial charge in [-0.1, -0.05) is 35.9 Å². The molecule has 23 heavy (non-hydrogen) atoms. The van der Waals surface area contributed by atoms with Gasteiger partial charge in [0.2, 0.25) is 0 Å². The Hall–Kier alpha value is -1.84. The number of anilines is 1. The molecule has 1 aliphatic heterocycles. The van der Waals surface area contributed by atoms with E-state index in [4.69, 9.17) is 11.6 Å². The van der Waals surface area contributed by atoms with Crippen LogP contribution in [0.3, 0.4) is 0 Å². The second kappa shape index (κ2) is 6.34. The number of rotatable bonds is 2. The van der Waals surface area contributed by atoms with E-state index in [9.17, 15) is 9.50 Å². The lowest BCUT2D eigenvalue weighted by Crippen LogP contribution is -2.36. The fraction of sp³-hybridized carbons (Fsp3) is 0.263. The fourth-order valence-electron chi connectivity index (χ4n) is 2.94. The van der Waals surface area contributed by atoms with Gasteiger partial charge in [-0.2, -0.15) is 0 Å². The van der Waals surface area contributed by atoms with E-state index in [1.165, 1.54) is 6.07 Å². The molecule has 0 bridgehead atoms. The van der Waals surface area contributed by atoms with E-state index in [-0.39, 0.29) is 18.0 Å². The van der Waals surface area contributed by atoms with Crippen molar-refractivity contribution in [1.29, 1.82) is 0 Å². The number of hydrogen-bond acceptors (Lipinski definition) is 2. The number of aliphatic hydroxyl groups excluding tert-OH is 1. The Labute approximate surface area is 140 Å². The highest BCUT2D eigenvalue weighted by Gasteiger charge is 2.22. The summed E-state index contributed by atoms with van der Waals surface area (Å²) >= 11 is 6.12. The number of benzene rings is 2. The van der Waals surface area contributed by atoms with Crippen molar-refractivity contribution in [2.24, 2.45) is 0 Å². The predicted molar refractivity (Wildman–Crippen MR) is 94.2 cm³/mol. The van der Waals surface area contributed by atoms with Gasteiger partial charge in [0.1, 0.15) is 5.82 Å². The molecule has 0 saturated heterocycles. The van der Waals surface area contributed by atoms with Crippen LogP contribution in [-0.4, -0.2) is 17.3 Å². The molecule has 120 valence electrons. The van der Waals surface area contributed by atoms with Crippen LogP contribution in [0, 0.1) is 5.82 Å². The van der Waals surface area contributed by atoms with E-state index in [2.05, 4.69) is 5.32 Å². The molecule has 4 heteroatoms. The first-order chi connectivity index (χ1) is 11.0. The van der Waals surface area contributed by atoms with Gasteiger partial charge in [0, 0.05) is 23.7 Å². The fourth-order valence-corrected chi connectivity index (χ4v) is 3.25. The molecule has 2 unspecified atom stereocenters. The molecule has 2 N–H and O–H groups in total. The molecule has 0 aliphatic carbocycles. The maximum absolute atomic E-state index is 14.0. The van der Waals surface area contributed by atoms with Crippen LogP contribution >= 0.6 is 11.6 Å². The maximum atomic E-state index is 14.0. The molecule has 1 aliphatic rings. The highest BCUT2D eigenvalue weighted by molar-refractivity contribution is 6.32. The van der Waals surface area contributed by atoms with E-state index in [0.29, 0.717) is 17.0 Å². The molecule has 0 saturated carbocycles. The number of hydrogen-bond donors (Lipinski definition) is 2. The van der Waals surface area contributed by atoms with Crippen LogP contribution in [-0.2, 0) is 6.42 Å². The number of halogens is 2. The third-order valence-corrected chi connectivity index (χ3v) is 4.58. The Morgan fingerprint density at radius 1 is 1.35 bits per heavy atom. The van der Waals surface area contributed by atoms with Crippen LogP contribution in [0.5, 0.6) is 0 Å². The Morgan fingerprint density at radius 2 is 2.13 bits per heavy atom. The van der Waals surface area contributed by atoms with Crippen molar-refractivity contribution in [3.05, 3.63) is 63.9 Å². The second-order valence-corrected chi connectivity index (χ2v) is 6.45. The zero-order chi connectivity index (χ0) is 16.6. The molecule has 0 radical (unpaired) electrons. The van der Waals surface area contributed by atoms with E-state index >= 15 is 0 Å². The van der Waals surface area contributed by atoms with E-state index in [1.807, 2.05) is 38.1 Å². The zero-order valence-corrected chi connectivity index (χ0v) is 13.9. The summed E-state index contributed by atoms with van der Waals surface area (Å²) in [6, 6.07) is 10.7. The molecular weight excluding hydrogens is 313 g/mol. The van der Waals surface area contributed by atoms with E-state index < -0.39 is 0 Å². The van der Waals surface area contributed by atoms with Gasteiger partial charge in [-0.05, 0) is 48.7 Å². The summed E-state index contributed by atoms with van der Waals surface area (Å²) < 4.78 is 14.0. The molecule has 2 aromatic carbocycles. The van der Waals surface area contributed by atoms with Gasteiger partial charge in [-0.3, -0.25) is 0 Å². The topological polar surface area (TPSA) is 32.3 Å². The highest BCUT2D eigenvalue weighted by Crippen LogP contribution is 2.30. The standard InChI is InChI=1S/C19H19ClFNO/c1-11(19-15(20)4-3-5-16(19)21)8-13-6-7-14-10-18(23)12(2)22-17(14)9-13/h3-9,12,18,22-23H,10H2,1-2H3. The Kier molecular flexibility index (Phi) is 4.42. The highest BCUT2D eigenvalue weighted by atomic mass is 35.5. The molecule has 0 aromatic heterocycles. The lowest BCUT2D eigenvalue weighted by molar-refractivity contribution is 0.154. The SMILES string of the molecule is CC(=Cc1ccc2c(c1)NC(C)C(O)C2)c1c(F)cccc1Cl. The summed E-state index contributed by atoms with van der Waals surface area (Å²) in [5.41, 5.74) is 4.29. The summed E-state index contributed by atoms with van der Waals surface area (Å²) in [7, 11) is 0. The van der Waals surface area contributed by atoms with Gasteiger partial charge >= 0.3 is 0 Å². The van der Waals surface area contributed by atoms with Crippen molar-refractivity contribution < 1.29 is 9.50 Å². The number of fused-ring (bicyclic) bond motifs is 1. The molecule has 2 aromatic rings. The average molecular weight is 332 g/mol. The quantitative estimate of drug-likeness (QED) is 0.778. The van der Waals surface area contributed by atoms with Crippen LogP contribution in [0.1, 0.15) is 30.5 Å². The van der Waals surface area contributed by atoms with Gasteiger partial charge < -0.3 is 10.4 Å². The number of nitrogens with one attached hydrogen (secondary N) is 1. The van der Waals surface area contributed by atoms with Crippen molar-refractivity contribution >= 4 is 28.9 Å². The Bertz CT molecular complexity index is 752. The summed E-state index contributed by atoms with van der Waals surface area (Å²) in [4.78, 5) is 0. The van der Waals surface area contributed by atoms with Crippen LogP contribution in [0.15, 0.2) is 36.4 Å². The third kappa shape index (κ3) is 3.26. The molecule has 0 amide bonds. The smallest absolute Gasteiger partial charge is 0.132 e. The van der Waals surface area contributed by atoms with Crippen molar-refractivity contribution in [3.63, 3.8) is 0 Å². The van der Waals surface area contributed by atoms with Gasteiger partial charge in [-0.15, -0.1) is 0 Å². The maximum Gasteiger partial charge on any atom is 0.132 e. The molecule has 3 rings (SSSR count). The largest absolute Gasteiger partial charge is 0.391 e. The minimum atomic E-state index is -0.372. The molecule has 0 fully saturated rings. The molecule has 1 heterocycles. The van der Waals surface area contributed by atoms with Gasteiger partial charge in [-0.25, -0.2) is 4.39 Å². The first kappa shape index (κ1) is 16.0. The van der Waals surface area contributed by atoms with Gasteiger partial charge in [0.15, 0.2) is 0 Å². The van der Waals surface area contributed by atoms with E-state index in [1.54, 1.807) is 12.1 Å². The van der Waals surface area contributed by atoms with Crippen molar-refractivity contribution in [3.8, 4) is 0 Å². The minimum Gasteiger partial charge on any atom is -0.391 e. The lowest BCUT2D eigenvalue weighted by Gasteiger charge is -2.29. The summed E-state index contributed by atoms with van der Waals surface area (Å²) in [6.45, 7) is 3.81. The lowest BCUT2D eigenvalue weighted by atomic mass is 9.94. The normalized spacial score (nSPS) is 20.8.